The molecule has 4 N–H and O–H groups in total. The molecule has 1 atom stereocenters. The molecule has 1 aromatic heterocycles. The summed E-state index contributed by atoms with van der Waals surface area (Å²) < 4.78 is 0. The number of anilines is 2. The van der Waals surface area contributed by atoms with Crippen molar-refractivity contribution < 1.29 is 9.90 Å². The van der Waals surface area contributed by atoms with Gasteiger partial charge in [-0.15, -0.1) is 0 Å². The van der Waals surface area contributed by atoms with Crippen molar-refractivity contribution in [3.8, 4) is 0 Å². The largest absolute Gasteiger partial charge is 0.478 e. The predicted molar refractivity (Wildman–Crippen MR) is 71.7 cm³/mol. The summed E-state index contributed by atoms with van der Waals surface area (Å²) in [7, 11) is 0. The van der Waals surface area contributed by atoms with E-state index in [4.69, 9.17) is 10.8 Å². The lowest BCUT2D eigenvalue weighted by atomic mass is 10.2. The van der Waals surface area contributed by atoms with Crippen molar-refractivity contribution in [2.75, 3.05) is 23.9 Å². The van der Waals surface area contributed by atoms with Crippen LogP contribution in [0.3, 0.4) is 0 Å². The Kier molecular flexibility index (Phi) is 5.09. The van der Waals surface area contributed by atoms with Crippen LogP contribution in [0, 0.1) is 0 Å². The summed E-state index contributed by atoms with van der Waals surface area (Å²) in [5.74, 6) is -0.477. The van der Waals surface area contributed by atoms with Gasteiger partial charge in [0.1, 0.15) is 5.82 Å². The quantitative estimate of drug-likeness (QED) is 0.719. The molecule has 0 amide bonds. The summed E-state index contributed by atoms with van der Waals surface area (Å²) >= 11 is 1.80. The van der Waals surface area contributed by atoms with E-state index >= 15 is 0 Å². The summed E-state index contributed by atoms with van der Waals surface area (Å²) in [6.07, 6.45) is 4.38. The molecule has 6 heteroatoms. The van der Waals surface area contributed by atoms with Gasteiger partial charge in [0.15, 0.2) is 0 Å². The molecule has 1 unspecified atom stereocenters. The number of nitrogen functional groups attached to an aromatic ring is 1. The standard InChI is InChI=1S/C11H17N3O2S/c1-7(17-2)3-4-13-10-9(12)5-8(6-14-10)11(15)16/h5-7H,3-4,12H2,1-2H3,(H,13,14)(H,15,16). The van der Waals surface area contributed by atoms with Crippen LogP contribution in [0.15, 0.2) is 12.3 Å². The Labute approximate surface area is 105 Å². The zero-order chi connectivity index (χ0) is 12.8. The lowest BCUT2D eigenvalue weighted by molar-refractivity contribution is 0.0696. The van der Waals surface area contributed by atoms with Crippen molar-refractivity contribution in [3.63, 3.8) is 0 Å². The molecular formula is C11H17N3O2S. The van der Waals surface area contributed by atoms with Gasteiger partial charge in [0.25, 0.3) is 0 Å². The number of carboxylic acid groups (broad SMARTS) is 1. The molecular weight excluding hydrogens is 238 g/mol. The minimum atomic E-state index is -1.02. The number of hydrogen-bond acceptors (Lipinski definition) is 5. The molecule has 1 heterocycles. The Hall–Kier alpha value is -1.43. The number of rotatable bonds is 6. The van der Waals surface area contributed by atoms with Crippen molar-refractivity contribution in [1.29, 1.82) is 0 Å². The van der Waals surface area contributed by atoms with E-state index in [1.54, 1.807) is 11.8 Å². The molecule has 0 radical (unpaired) electrons. The highest BCUT2D eigenvalue weighted by Crippen LogP contribution is 2.17. The van der Waals surface area contributed by atoms with Crippen molar-refractivity contribution in [3.05, 3.63) is 17.8 Å². The molecule has 0 aliphatic heterocycles. The van der Waals surface area contributed by atoms with Crippen molar-refractivity contribution in [2.45, 2.75) is 18.6 Å². The first kappa shape index (κ1) is 13.6. The first-order valence-corrected chi connectivity index (χ1v) is 6.59. The molecule has 0 fully saturated rings. The molecule has 0 saturated carbocycles. The Morgan fingerprint density at radius 3 is 2.94 bits per heavy atom. The van der Waals surface area contributed by atoms with Crippen LogP contribution >= 0.6 is 11.8 Å². The molecule has 0 spiro atoms. The van der Waals surface area contributed by atoms with E-state index in [-0.39, 0.29) is 5.56 Å². The number of carboxylic acids is 1. The monoisotopic (exact) mass is 255 g/mol. The number of thioether (sulfide) groups is 1. The number of nitrogens with one attached hydrogen (secondary N) is 1. The average Bonchev–Trinajstić information content (AvgIpc) is 2.30. The Morgan fingerprint density at radius 1 is 1.71 bits per heavy atom. The highest BCUT2D eigenvalue weighted by atomic mass is 32.2. The molecule has 0 aromatic carbocycles. The number of nitrogens with zero attached hydrogens (tertiary/aromatic N) is 1. The van der Waals surface area contributed by atoms with Gasteiger partial charge < -0.3 is 16.2 Å². The van der Waals surface area contributed by atoms with Crippen LogP contribution in [0.4, 0.5) is 11.5 Å². The third-order valence-electron chi connectivity index (χ3n) is 2.41. The lowest BCUT2D eigenvalue weighted by Gasteiger charge is -2.11. The van der Waals surface area contributed by atoms with Gasteiger partial charge >= 0.3 is 5.97 Å². The SMILES string of the molecule is CSC(C)CCNc1ncc(C(=O)O)cc1N. The van der Waals surface area contributed by atoms with Crippen LogP contribution in [0.1, 0.15) is 23.7 Å². The van der Waals surface area contributed by atoms with Crippen LogP contribution < -0.4 is 11.1 Å². The number of carbonyl (C=O) groups is 1. The zero-order valence-corrected chi connectivity index (χ0v) is 10.8. The fourth-order valence-electron chi connectivity index (χ4n) is 1.26. The van der Waals surface area contributed by atoms with E-state index < -0.39 is 5.97 Å². The summed E-state index contributed by atoms with van der Waals surface area (Å²) in [5, 5.41) is 12.4. The summed E-state index contributed by atoms with van der Waals surface area (Å²) in [4.78, 5) is 14.7. The maximum absolute atomic E-state index is 10.7. The van der Waals surface area contributed by atoms with Gasteiger partial charge in [-0.3, -0.25) is 0 Å². The molecule has 1 aromatic rings. The Balaban J connectivity index is 2.57. The number of pyridine rings is 1. The highest BCUT2D eigenvalue weighted by Gasteiger charge is 2.07. The van der Waals surface area contributed by atoms with E-state index in [1.165, 1.54) is 12.3 Å². The Bertz CT molecular complexity index is 398. The zero-order valence-electron chi connectivity index (χ0n) is 9.93. The van der Waals surface area contributed by atoms with Gasteiger partial charge in [0, 0.05) is 18.0 Å². The number of aromatic nitrogens is 1. The number of hydrogen-bond donors (Lipinski definition) is 3. The lowest BCUT2D eigenvalue weighted by Crippen LogP contribution is -2.11. The van der Waals surface area contributed by atoms with E-state index in [2.05, 4.69) is 23.5 Å². The first-order chi connectivity index (χ1) is 8.04. The average molecular weight is 255 g/mol. The van der Waals surface area contributed by atoms with E-state index in [1.807, 2.05) is 0 Å². The van der Waals surface area contributed by atoms with Gasteiger partial charge in [-0.1, -0.05) is 6.92 Å². The van der Waals surface area contributed by atoms with Gasteiger partial charge in [-0.2, -0.15) is 11.8 Å². The van der Waals surface area contributed by atoms with Gasteiger partial charge in [-0.05, 0) is 18.7 Å². The van der Waals surface area contributed by atoms with Crippen molar-refractivity contribution >= 4 is 29.2 Å². The van der Waals surface area contributed by atoms with Crippen molar-refractivity contribution in [2.24, 2.45) is 0 Å². The molecule has 94 valence electrons. The van der Waals surface area contributed by atoms with Crippen LogP contribution in [-0.4, -0.2) is 34.1 Å². The smallest absolute Gasteiger partial charge is 0.337 e. The maximum atomic E-state index is 10.7. The van der Waals surface area contributed by atoms with Gasteiger partial charge in [0.05, 0.1) is 11.3 Å². The molecule has 0 saturated heterocycles. The first-order valence-electron chi connectivity index (χ1n) is 5.30. The van der Waals surface area contributed by atoms with Crippen LogP contribution in [-0.2, 0) is 0 Å². The summed E-state index contributed by atoms with van der Waals surface area (Å²) in [5.41, 5.74) is 6.18. The second kappa shape index (κ2) is 6.34. The minimum absolute atomic E-state index is 0.102. The summed E-state index contributed by atoms with van der Waals surface area (Å²) in [6, 6.07) is 1.41. The highest BCUT2D eigenvalue weighted by molar-refractivity contribution is 7.99. The topological polar surface area (TPSA) is 88.2 Å². The van der Waals surface area contributed by atoms with Gasteiger partial charge in [-0.25, -0.2) is 9.78 Å². The predicted octanol–water partition coefficient (Wildman–Crippen LogP) is 1.92. The fourth-order valence-corrected chi connectivity index (χ4v) is 1.61. The molecule has 0 aliphatic carbocycles. The van der Waals surface area contributed by atoms with Gasteiger partial charge in [0.2, 0.25) is 0 Å². The molecule has 0 bridgehead atoms. The second-order valence-electron chi connectivity index (χ2n) is 3.73. The third kappa shape index (κ3) is 4.14. The summed E-state index contributed by atoms with van der Waals surface area (Å²) in [6.45, 7) is 2.92. The Morgan fingerprint density at radius 2 is 2.41 bits per heavy atom. The molecule has 0 aliphatic rings. The minimum Gasteiger partial charge on any atom is -0.478 e. The van der Waals surface area contributed by atoms with Crippen molar-refractivity contribution in [1.82, 2.24) is 4.98 Å². The third-order valence-corrected chi connectivity index (χ3v) is 3.45. The van der Waals surface area contributed by atoms with E-state index in [0.717, 1.165) is 13.0 Å². The van der Waals surface area contributed by atoms with E-state index in [0.29, 0.717) is 16.8 Å². The molecule has 1 rings (SSSR count). The molecule has 17 heavy (non-hydrogen) atoms. The maximum Gasteiger partial charge on any atom is 0.337 e. The van der Waals surface area contributed by atoms with Crippen LogP contribution in [0.25, 0.3) is 0 Å². The normalized spacial score (nSPS) is 12.1. The van der Waals surface area contributed by atoms with Crippen LogP contribution in [0.5, 0.6) is 0 Å². The second-order valence-corrected chi connectivity index (χ2v) is 5.00. The number of nitrogens with two attached hydrogens (primary N) is 1. The number of aromatic carboxylic acids is 1. The molecule has 5 nitrogen and oxygen atoms in total. The van der Waals surface area contributed by atoms with E-state index in [9.17, 15) is 4.79 Å². The van der Waals surface area contributed by atoms with Crippen LogP contribution in [0.2, 0.25) is 0 Å². The fraction of sp³-hybridized carbons (Fsp3) is 0.455.